The van der Waals surface area contributed by atoms with Crippen LogP contribution in [0.15, 0.2) is 54.9 Å². The minimum absolute atomic E-state index is 0.189. The lowest BCUT2D eigenvalue weighted by Crippen LogP contribution is -2.13. The first kappa shape index (κ1) is 21.8. The molecule has 0 saturated carbocycles. The Morgan fingerprint density at radius 1 is 1.19 bits per heavy atom. The van der Waals surface area contributed by atoms with Crippen LogP contribution >= 0.6 is 11.6 Å². The number of carbonyl (C=O) groups is 1. The summed E-state index contributed by atoms with van der Waals surface area (Å²) >= 11 is 6.37. The second-order valence-corrected chi connectivity index (χ2v) is 9.19. The van der Waals surface area contributed by atoms with Gasteiger partial charge in [-0.3, -0.25) is 9.52 Å². The number of aromatic amines is 1. The zero-order chi connectivity index (χ0) is 23.0. The van der Waals surface area contributed by atoms with Crippen LogP contribution in [0.1, 0.15) is 15.9 Å². The number of anilines is 1. The molecule has 2 aromatic heterocycles. The number of sulfonamides is 1. The number of pyridine rings is 1. The highest BCUT2D eigenvalue weighted by molar-refractivity contribution is 7.92. The molecule has 2 heterocycles. The van der Waals surface area contributed by atoms with E-state index in [0.29, 0.717) is 32.9 Å². The van der Waals surface area contributed by atoms with E-state index in [0.717, 1.165) is 6.26 Å². The summed E-state index contributed by atoms with van der Waals surface area (Å²) in [5, 5.41) is 0.916. The van der Waals surface area contributed by atoms with Gasteiger partial charge in [-0.15, -0.1) is 0 Å². The van der Waals surface area contributed by atoms with Gasteiger partial charge in [-0.2, -0.15) is 0 Å². The molecule has 7 nitrogen and oxygen atoms in total. The molecule has 0 amide bonds. The van der Waals surface area contributed by atoms with Crippen molar-refractivity contribution in [3.63, 3.8) is 0 Å². The van der Waals surface area contributed by atoms with Crippen molar-refractivity contribution in [2.75, 3.05) is 18.1 Å². The maximum atomic E-state index is 14.9. The normalized spacial score (nSPS) is 11.5. The van der Waals surface area contributed by atoms with Gasteiger partial charge >= 0.3 is 0 Å². The first-order valence-corrected chi connectivity index (χ1v) is 11.6. The summed E-state index contributed by atoms with van der Waals surface area (Å²) in [6.45, 7) is 0. The molecule has 2 aromatic carbocycles. The van der Waals surface area contributed by atoms with E-state index < -0.39 is 21.6 Å². The molecule has 2 N–H and O–H groups in total. The lowest BCUT2D eigenvalue weighted by Gasteiger charge is -2.09. The molecular formula is C22H17ClFN3O4S. The molecule has 0 saturated heterocycles. The minimum atomic E-state index is -3.71. The van der Waals surface area contributed by atoms with Gasteiger partial charge in [-0.1, -0.05) is 17.7 Å². The van der Waals surface area contributed by atoms with Gasteiger partial charge in [0.15, 0.2) is 11.6 Å². The van der Waals surface area contributed by atoms with Gasteiger partial charge in [-0.25, -0.2) is 17.8 Å². The summed E-state index contributed by atoms with van der Waals surface area (Å²) in [4.78, 5) is 20.4. The minimum Gasteiger partial charge on any atom is -0.497 e. The lowest BCUT2D eigenvalue weighted by molar-refractivity contribution is 0.103. The number of methoxy groups -OCH3 is 1. The van der Waals surface area contributed by atoms with Crippen molar-refractivity contribution in [2.45, 2.75) is 0 Å². The second kappa shape index (κ2) is 8.25. The molecule has 0 radical (unpaired) electrons. The Morgan fingerprint density at radius 3 is 2.66 bits per heavy atom. The summed E-state index contributed by atoms with van der Waals surface area (Å²) in [5.74, 6) is -0.978. The van der Waals surface area contributed by atoms with Crippen LogP contribution in [0.4, 0.5) is 10.1 Å². The van der Waals surface area contributed by atoms with Crippen molar-refractivity contribution in [1.29, 1.82) is 0 Å². The van der Waals surface area contributed by atoms with Crippen molar-refractivity contribution < 1.29 is 22.3 Å². The Balaban J connectivity index is 1.79. The third-order valence-electron chi connectivity index (χ3n) is 4.80. The number of ether oxygens (including phenoxy) is 1. The van der Waals surface area contributed by atoms with E-state index in [9.17, 15) is 17.6 Å². The maximum Gasteiger partial charge on any atom is 0.229 e. The number of nitrogens with zero attached hydrogens (tertiary/aromatic N) is 1. The van der Waals surface area contributed by atoms with Gasteiger partial charge < -0.3 is 9.72 Å². The van der Waals surface area contributed by atoms with E-state index in [-0.39, 0.29) is 16.8 Å². The standard InChI is InChI=1S/C22H17ClFN3O4S/c1-31-13-6-7-14(18(23)9-13)12-8-16-17(11-26-22(16)25-10-12)21(28)15-4-3-5-19(20(15)24)27-32(2,29)30/h3-11,27H,1-2H3,(H,25,26). The maximum absolute atomic E-state index is 14.9. The number of halogens is 2. The first-order valence-electron chi connectivity index (χ1n) is 9.30. The number of hydrogen-bond donors (Lipinski definition) is 2. The van der Waals surface area contributed by atoms with Crippen molar-refractivity contribution >= 4 is 44.1 Å². The third kappa shape index (κ3) is 4.17. The molecule has 0 unspecified atom stereocenters. The van der Waals surface area contributed by atoms with Crippen LogP contribution in [0, 0.1) is 5.82 Å². The van der Waals surface area contributed by atoms with E-state index in [4.69, 9.17) is 16.3 Å². The second-order valence-electron chi connectivity index (χ2n) is 7.04. The number of ketones is 1. The third-order valence-corrected chi connectivity index (χ3v) is 5.71. The highest BCUT2D eigenvalue weighted by Gasteiger charge is 2.21. The van der Waals surface area contributed by atoms with Crippen molar-refractivity contribution in [1.82, 2.24) is 9.97 Å². The molecule has 0 aliphatic heterocycles. The quantitative estimate of drug-likeness (QED) is 0.397. The van der Waals surface area contributed by atoms with Gasteiger partial charge in [0.25, 0.3) is 0 Å². The van der Waals surface area contributed by atoms with Crippen LogP contribution in [-0.4, -0.2) is 37.5 Å². The van der Waals surface area contributed by atoms with Gasteiger partial charge in [0.2, 0.25) is 10.0 Å². The van der Waals surface area contributed by atoms with Crippen LogP contribution in [0.5, 0.6) is 5.75 Å². The largest absolute Gasteiger partial charge is 0.497 e. The number of benzene rings is 2. The number of nitrogens with one attached hydrogen (secondary N) is 2. The fourth-order valence-corrected chi connectivity index (χ4v) is 4.16. The van der Waals surface area contributed by atoms with Crippen molar-refractivity contribution in [3.05, 3.63) is 76.8 Å². The molecule has 4 rings (SSSR count). The SMILES string of the molecule is COc1ccc(-c2cnc3[nH]cc(C(=O)c4cccc(NS(C)(=O)=O)c4F)c3c2)c(Cl)c1. The predicted octanol–water partition coefficient (Wildman–Crippen LogP) is 4.63. The highest BCUT2D eigenvalue weighted by Crippen LogP contribution is 2.33. The van der Waals surface area contributed by atoms with Gasteiger partial charge in [0, 0.05) is 34.5 Å². The Kier molecular flexibility index (Phi) is 5.62. The van der Waals surface area contributed by atoms with Crippen molar-refractivity contribution in [2.24, 2.45) is 0 Å². The van der Waals surface area contributed by atoms with Crippen LogP contribution in [0.3, 0.4) is 0 Å². The predicted molar refractivity (Wildman–Crippen MR) is 121 cm³/mol. The number of fused-ring (bicyclic) bond motifs is 1. The van der Waals surface area contributed by atoms with E-state index in [2.05, 4.69) is 14.7 Å². The molecule has 10 heteroatoms. The smallest absolute Gasteiger partial charge is 0.229 e. The average molecular weight is 474 g/mol. The number of aromatic nitrogens is 2. The average Bonchev–Trinajstić information content (AvgIpc) is 3.17. The van der Waals surface area contributed by atoms with E-state index in [1.807, 2.05) is 0 Å². The molecule has 0 aliphatic rings. The fourth-order valence-electron chi connectivity index (χ4n) is 3.33. The first-order chi connectivity index (χ1) is 15.2. The molecule has 164 valence electrons. The fraction of sp³-hybridized carbons (Fsp3) is 0.0909. The van der Waals surface area contributed by atoms with Crippen LogP contribution in [-0.2, 0) is 10.0 Å². The van der Waals surface area contributed by atoms with Gasteiger partial charge in [0.05, 0.1) is 29.6 Å². The molecule has 32 heavy (non-hydrogen) atoms. The van der Waals surface area contributed by atoms with Crippen LogP contribution in [0.2, 0.25) is 5.02 Å². The zero-order valence-corrected chi connectivity index (χ0v) is 18.5. The van der Waals surface area contributed by atoms with E-state index in [1.165, 1.54) is 31.5 Å². The van der Waals surface area contributed by atoms with E-state index >= 15 is 0 Å². The molecule has 0 bridgehead atoms. The summed E-state index contributed by atoms with van der Waals surface area (Å²) < 4.78 is 45.1. The summed E-state index contributed by atoms with van der Waals surface area (Å²) in [6, 6.07) is 10.9. The Bertz CT molecular complexity index is 1470. The Morgan fingerprint density at radius 2 is 1.97 bits per heavy atom. The molecule has 0 aliphatic carbocycles. The summed E-state index contributed by atoms with van der Waals surface area (Å²) in [7, 11) is -2.18. The number of H-pyrrole nitrogens is 1. The molecule has 0 atom stereocenters. The Hall–Kier alpha value is -3.43. The highest BCUT2D eigenvalue weighted by atomic mass is 35.5. The summed E-state index contributed by atoms with van der Waals surface area (Å²) in [6.07, 6.45) is 3.95. The van der Waals surface area contributed by atoms with Crippen molar-refractivity contribution in [3.8, 4) is 16.9 Å². The van der Waals surface area contributed by atoms with Crippen LogP contribution < -0.4 is 9.46 Å². The number of hydrogen-bond acceptors (Lipinski definition) is 5. The molecule has 0 fully saturated rings. The molecule has 0 spiro atoms. The van der Waals surface area contributed by atoms with Gasteiger partial charge in [-0.05, 0) is 36.4 Å². The summed E-state index contributed by atoms with van der Waals surface area (Å²) in [5.41, 5.74) is 1.40. The Labute approximate surface area is 188 Å². The number of carbonyl (C=O) groups excluding carboxylic acids is 1. The van der Waals surface area contributed by atoms with E-state index in [1.54, 1.807) is 30.5 Å². The lowest BCUT2D eigenvalue weighted by atomic mass is 10.00. The topological polar surface area (TPSA) is 101 Å². The molecular weight excluding hydrogens is 457 g/mol. The molecule has 4 aromatic rings. The monoisotopic (exact) mass is 473 g/mol. The van der Waals surface area contributed by atoms with Crippen LogP contribution in [0.25, 0.3) is 22.2 Å². The zero-order valence-electron chi connectivity index (χ0n) is 16.9. The number of rotatable bonds is 6. The van der Waals surface area contributed by atoms with Gasteiger partial charge in [0.1, 0.15) is 11.4 Å².